The summed E-state index contributed by atoms with van der Waals surface area (Å²) >= 11 is 0. The largest absolute Gasteiger partial charge is 0 e. The summed E-state index contributed by atoms with van der Waals surface area (Å²) in [5, 5.41) is 21.5. The van der Waals surface area contributed by atoms with Crippen molar-refractivity contribution in [1.29, 1.82) is 0 Å². The van der Waals surface area contributed by atoms with Gasteiger partial charge in [0.2, 0.25) is 0 Å². The van der Waals surface area contributed by atoms with Crippen molar-refractivity contribution in [2.45, 2.75) is 0 Å². The van der Waals surface area contributed by atoms with Crippen LogP contribution in [-0.2, 0) is 32.7 Å². The molecule has 3 nitrogen and oxygen atoms in total. The quantitative estimate of drug-likeness (QED) is 0.402. The second kappa shape index (κ2) is 10.8. The van der Waals surface area contributed by atoms with Crippen LogP contribution < -0.4 is 0 Å². The van der Waals surface area contributed by atoms with Gasteiger partial charge in [-0.2, -0.15) is 0 Å². The van der Waals surface area contributed by atoms with Crippen LogP contribution in [0.1, 0.15) is 0 Å². The van der Waals surface area contributed by atoms with Gasteiger partial charge in [0.05, 0.1) is 0 Å². The van der Waals surface area contributed by atoms with Crippen LogP contribution in [0.2, 0.25) is 0 Å². The molecule has 0 aromatic heterocycles. The van der Waals surface area contributed by atoms with Crippen molar-refractivity contribution in [2.75, 3.05) is 0 Å². The summed E-state index contributed by atoms with van der Waals surface area (Å²) < 4.78 is 0. The predicted octanol–water partition coefficient (Wildman–Crippen LogP) is -2.70. The average molecular weight is 237 g/mol. The molecule has 0 heterocycles. The van der Waals surface area contributed by atoms with E-state index in [2.05, 4.69) is 0 Å². The van der Waals surface area contributed by atoms with Gasteiger partial charge in [-0.15, -0.1) is 0 Å². The second-order valence-electron chi connectivity index (χ2n) is 0.346. The first kappa shape index (κ1) is 15.9. The Morgan fingerprint density at radius 3 is 1.00 bits per heavy atom. The minimum atomic E-state index is -2.17. The Hall–Kier alpha value is 2.85. The van der Waals surface area contributed by atoms with Gasteiger partial charge in [0.15, 0.2) is 0 Å². The van der Waals surface area contributed by atoms with Crippen molar-refractivity contribution in [2.24, 2.45) is 0 Å². The smallest absolute Gasteiger partial charge is 0 e. The molecular weight excluding hydrogens is 233 g/mol. The summed E-state index contributed by atoms with van der Waals surface area (Å²) in [4.78, 5) is 0. The van der Waals surface area contributed by atoms with Gasteiger partial charge in [-0.3, -0.25) is 0 Å². The molecule has 6 heteroatoms. The van der Waals surface area contributed by atoms with Crippen LogP contribution in [0.4, 0.5) is 0 Å². The Kier molecular flexibility index (Phi) is 28.6. The van der Waals surface area contributed by atoms with Crippen LogP contribution in [0.3, 0.4) is 0 Å². The van der Waals surface area contributed by atoms with E-state index in [1.54, 1.807) is 0 Å². The molecule has 0 amide bonds. The van der Waals surface area contributed by atoms with Gasteiger partial charge in [-0.25, -0.2) is 0 Å². The first-order valence-electron chi connectivity index (χ1n) is 0.775. The van der Waals surface area contributed by atoms with E-state index in [4.69, 9.17) is 15.1 Å². The topological polar surface area (TPSA) is 60.7 Å². The Balaban J connectivity index is -0.0000000450. The van der Waals surface area contributed by atoms with Crippen LogP contribution in [0.25, 0.3) is 0 Å². The number of rotatable bonds is 0. The molecule has 6 heavy (non-hydrogen) atoms. The van der Waals surface area contributed by atoms with E-state index in [0.29, 0.717) is 0 Å². The third-order valence-electron chi connectivity index (χ3n) is 0. The molecule has 0 rings (SSSR count). The van der Waals surface area contributed by atoms with Gasteiger partial charge < -0.3 is 15.1 Å². The van der Waals surface area contributed by atoms with Gasteiger partial charge in [0, 0.05) is 32.7 Å². The fourth-order valence-corrected chi connectivity index (χ4v) is 0. The van der Waals surface area contributed by atoms with Gasteiger partial charge in [-0.1, -0.05) is 0 Å². The molecule has 0 saturated heterocycles. The first-order chi connectivity index (χ1) is 1.73. The zero-order valence-electron chi connectivity index (χ0n) is 2.50. The third kappa shape index (κ3) is 28.8. The Labute approximate surface area is 110 Å². The number of hydrogen-bond donors (Lipinski definition) is 3. The molecule has 0 unspecified atom stereocenters. The molecule has 0 aliphatic carbocycles. The van der Waals surface area contributed by atoms with Crippen LogP contribution in [-0.4, -0.2) is 80.6 Å². The molecule has 0 fully saturated rings. The second-order valence-corrected chi connectivity index (χ2v) is 0.346. The molecule has 29 valence electrons. The molecule has 0 aliphatic heterocycles. The minimum Gasteiger partial charge on any atom is 0 e. The molecule has 3 N–H and O–H groups in total. The zero-order valence-corrected chi connectivity index (χ0v) is 5.33. The Bertz CT molecular complexity index is 15.5. The van der Waals surface area contributed by atoms with Gasteiger partial charge in [0.1, 0.15) is 0 Å². The van der Waals surface area contributed by atoms with E-state index in [-0.39, 0.29) is 90.9 Å². The summed E-state index contributed by atoms with van der Waals surface area (Å²) in [6.07, 6.45) is 0. The predicted molar refractivity (Wildman–Crippen MR) is 19.6 cm³/mol. The molecule has 0 aliphatic rings. The van der Waals surface area contributed by atoms with Gasteiger partial charge >= 0.3 is 65.5 Å². The van der Waals surface area contributed by atoms with E-state index in [9.17, 15) is 0 Å². The van der Waals surface area contributed by atoms with Gasteiger partial charge in [-0.05, 0) is 0 Å². The van der Waals surface area contributed by atoms with E-state index in [1.165, 1.54) is 0 Å². The Morgan fingerprint density at radius 2 is 1.00 bits per heavy atom. The van der Waals surface area contributed by atoms with Crippen molar-refractivity contribution < 1.29 is 47.8 Å². The van der Waals surface area contributed by atoms with Crippen molar-refractivity contribution >= 4 is 65.5 Å². The van der Waals surface area contributed by atoms with Crippen LogP contribution in [0.15, 0.2) is 0 Å². The normalized spacial score (nSPS) is 4.50. The van der Waals surface area contributed by atoms with Crippen molar-refractivity contribution in [3.05, 3.63) is 0 Å². The Morgan fingerprint density at radius 1 is 1.00 bits per heavy atom. The summed E-state index contributed by atoms with van der Waals surface area (Å²) in [5.74, 6) is 0. The van der Waals surface area contributed by atoms with Crippen LogP contribution in [0, 0.1) is 0 Å². The van der Waals surface area contributed by atoms with E-state index < -0.39 is 7.32 Å². The summed E-state index contributed by atoms with van der Waals surface area (Å²) in [6, 6.07) is 0. The molecule has 1 radical (unpaired) electrons. The van der Waals surface area contributed by atoms with Crippen molar-refractivity contribution in [3.63, 3.8) is 0 Å². The van der Waals surface area contributed by atoms with E-state index in [1.807, 2.05) is 0 Å². The molecule has 0 spiro atoms. The maximum Gasteiger partial charge on any atom is 0 e. The van der Waals surface area contributed by atoms with E-state index >= 15 is 0 Å². The molecular formula is H4BO3RbY. The third-order valence-corrected chi connectivity index (χ3v) is 0. The molecule has 0 atom stereocenters. The molecule has 0 aromatic rings. The van der Waals surface area contributed by atoms with Crippen LogP contribution in [0.5, 0.6) is 0 Å². The average Bonchev–Trinajstić information content (AvgIpc) is 0.811. The first-order valence-corrected chi connectivity index (χ1v) is 0.775. The fourth-order valence-electron chi connectivity index (χ4n) is 0. The van der Waals surface area contributed by atoms with Gasteiger partial charge in [0.25, 0.3) is 0 Å². The van der Waals surface area contributed by atoms with Crippen molar-refractivity contribution in [3.8, 4) is 0 Å². The maximum absolute atomic E-state index is 7.17. The fraction of sp³-hybridized carbons (Fsp3) is 0. The van der Waals surface area contributed by atoms with E-state index in [0.717, 1.165) is 0 Å². The standard InChI is InChI=1S/BH3O3.Rb.Y.H/c2-1(3)4;;;/h2-4H;;;. The van der Waals surface area contributed by atoms with Crippen LogP contribution >= 0.6 is 0 Å². The zero-order chi connectivity index (χ0) is 3.58. The SMILES string of the molecule is OB(O)O.[RbH].[Y]. The molecule has 0 bridgehead atoms. The maximum atomic E-state index is 7.17. The molecule has 0 saturated carbocycles. The summed E-state index contributed by atoms with van der Waals surface area (Å²) in [5.41, 5.74) is 0. The monoisotopic (exact) mass is 237 g/mol. The number of hydrogen-bond acceptors (Lipinski definition) is 3. The minimum absolute atomic E-state index is 0. The summed E-state index contributed by atoms with van der Waals surface area (Å²) in [6.45, 7) is 0. The van der Waals surface area contributed by atoms with Crippen molar-refractivity contribution in [1.82, 2.24) is 0 Å². The summed E-state index contributed by atoms with van der Waals surface area (Å²) in [7, 11) is -2.17. The molecule has 0 aromatic carbocycles.